The normalized spacial score (nSPS) is 13.7. The second-order valence-electron chi connectivity index (χ2n) is 4.04. The summed E-state index contributed by atoms with van der Waals surface area (Å²) in [6, 6.07) is 2.63. The van der Waals surface area contributed by atoms with Gasteiger partial charge in [0.1, 0.15) is 0 Å². The number of hydrogen-bond donors (Lipinski definition) is 1. The zero-order chi connectivity index (χ0) is 15.1. The Morgan fingerprint density at radius 1 is 1.35 bits per heavy atom. The standard InChI is InChI=1S/C11H7Cl2F3N2O2/c12-5-1-6-9(7(13)2-5)17-4-18(10(6)20)3-8(19)11(14,15)16/h1-2,4,8,19H,3H2. The Bertz CT molecular complexity index is 715. The maximum atomic E-state index is 12.3. The number of halogens is 5. The molecule has 1 N–H and O–H groups in total. The maximum Gasteiger partial charge on any atom is 0.416 e. The Kier molecular flexibility index (Phi) is 3.95. The van der Waals surface area contributed by atoms with E-state index in [4.69, 9.17) is 28.3 Å². The van der Waals surface area contributed by atoms with Crippen LogP contribution in [0.15, 0.2) is 23.3 Å². The molecule has 0 spiro atoms. The lowest BCUT2D eigenvalue weighted by Crippen LogP contribution is -2.36. The Hall–Kier alpha value is -1.31. The van der Waals surface area contributed by atoms with Gasteiger partial charge in [-0.2, -0.15) is 13.2 Å². The minimum atomic E-state index is -4.82. The molecule has 0 aliphatic rings. The summed E-state index contributed by atoms with van der Waals surface area (Å²) >= 11 is 11.6. The summed E-state index contributed by atoms with van der Waals surface area (Å²) in [5.41, 5.74) is -0.624. The van der Waals surface area contributed by atoms with E-state index in [0.717, 1.165) is 6.33 Å². The van der Waals surface area contributed by atoms with Crippen LogP contribution in [-0.4, -0.2) is 26.9 Å². The molecule has 108 valence electrons. The lowest BCUT2D eigenvalue weighted by molar-refractivity contribution is -0.207. The summed E-state index contributed by atoms with van der Waals surface area (Å²) in [6.45, 7) is -0.949. The van der Waals surface area contributed by atoms with Crippen molar-refractivity contribution in [2.75, 3.05) is 0 Å². The molecule has 1 atom stereocenters. The third kappa shape index (κ3) is 2.89. The summed E-state index contributed by atoms with van der Waals surface area (Å²) < 4.78 is 37.5. The van der Waals surface area contributed by atoms with E-state index in [1.165, 1.54) is 12.1 Å². The van der Waals surface area contributed by atoms with E-state index in [2.05, 4.69) is 4.98 Å². The SMILES string of the molecule is O=c1c2cc(Cl)cc(Cl)c2ncn1CC(O)C(F)(F)F. The van der Waals surface area contributed by atoms with Crippen molar-refractivity contribution in [2.45, 2.75) is 18.8 Å². The predicted molar refractivity (Wildman–Crippen MR) is 68.1 cm³/mol. The number of aliphatic hydroxyl groups excluding tert-OH is 1. The largest absolute Gasteiger partial charge is 0.416 e. The quantitative estimate of drug-likeness (QED) is 0.923. The average molecular weight is 327 g/mol. The highest BCUT2D eigenvalue weighted by atomic mass is 35.5. The van der Waals surface area contributed by atoms with Gasteiger partial charge in [-0.15, -0.1) is 0 Å². The number of benzene rings is 1. The second-order valence-corrected chi connectivity index (χ2v) is 4.89. The van der Waals surface area contributed by atoms with Crippen LogP contribution in [0.3, 0.4) is 0 Å². The molecule has 20 heavy (non-hydrogen) atoms. The van der Waals surface area contributed by atoms with Crippen molar-refractivity contribution in [3.8, 4) is 0 Å². The van der Waals surface area contributed by atoms with Gasteiger partial charge >= 0.3 is 6.18 Å². The van der Waals surface area contributed by atoms with E-state index in [-0.39, 0.29) is 20.9 Å². The molecule has 4 nitrogen and oxygen atoms in total. The number of rotatable bonds is 2. The summed E-state index contributed by atoms with van der Waals surface area (Å²) in [6.07, 6.45) is -6.58. The fourth-order valence-corrected chi connectivity index (χ4v) is 2.16. The highest BCUT2D eigenvalue weighted by Gasteiger charge is 2.38. The lowest BCUT2D eigenvalue weighted by atomic mass is 10.2. The number of nitrogens with zero attached hydrogens (tertiary/aromatic N) is 2. The summed E-state index contributed by atoms with van der Waals surface area (Å²) in [5, 5.41) is 9.25. The van der Waals surface area contributed by atoms with E-state index < -0.39 is 24.4 Å². The van der Waals surface area contributed by atoms with Crippen LogP contribution < -0.4 is 5.56 Å². The fraction of sp³-hybridized carbons (Fsp3) is 0.273. The molecular formula is C11H7Cl2F3N2O2. The Morgan fingerprint density at radius 2 is 2.00 bits per heavy atom. The Morgan fingerprint density at radius 3 is 2.60 bits per heavy atom. The number of fused-ring (bicyclic) bond motifs is 1. The molecule has 0 radical (unpaired) electrons. The number of aliphatic hydroxyl groups is 1. The molecule has 1 heterocycles. The van der Waals surface area contributed by atoms with Crippen LogP contribution in [0.5, 0.6) is 0 Å². The van der Waals surface area contributed by atoms with Crippen molar-refractivity contribution in [3.05, 3.63) is 38.9 Å². The van der Waals surface area contributed by atoms with E-state index >= 15 is 0 Å². The summed E-state index contributed by atoms with van der Waals surface area (Å²) in [7, 11) is 0. The molecule has 0 fully saturated rings. The molecule has 1 aromatic carbocycles. The summed E-state index contributed by atoms with van der Waals surface area (Å²) in [5.74, 6) is 0. The molecular weight excluding hydrogens is 320 g/mol. The molecule has 0 amide bonds. The van der Waals surface area contributed by atoms with Gasteiger partial charge in [-0.25, -0.2) is 4.98 Å². The number of hydrogen-bond acceptors (Lipinski definition) is 3. The van der Waals surface area contributed by atoms with Crippen LogP contribution in [-0.2, 0) is 6.54 Å². The third-order valence-corrected chi connectivity index (χ3v) is 3.10. The van der Waals surface area contributed by atoms with Gasteiger partial charge in [0.2, 0.25) is 0 Å². The summed E-state index contributed by atoms with van der Waals surface area (Å²) in [4.78, 5) is 15.8. The molecule has 2 rings (SSSR count). The Labute approximate surface area is 120 Å². The van der Waals surface area contributed by atoms with Gasteiger partial charge in [0.05, 0.1) is 28.8 Å². The first-order chi connectivity index (χ1) is 9.20. The topological polar surface area (TPSA) is 55.1 Å². The zero-order valence-corrected chi connectivity index (χ0v) is 11.2. The molecule has 0 saturated heterocycles. The van der Waals surface area contributed by atoms with Crippen molar-refractivity contribution in [1.29, 1.82) is 0 Å². The van der Waals surface area contributed by atoms with Crippen molar-refractivity contribution in [2.24, 2.45) is 0 Å². The van der Waals surface area contributed by atoms with E-state index in [0.29, 0.717) is 4.57 Å². The van der Waals surface area contributed by atoms with Crippen LogP contribution >= 0.6 is 23.2 Å². The minimum absolute atomic E-state index is 0.0145. The van der Waals surface area contributed by atoms with Crippen LogP contribution in [0.2, 0.25) is 10.0 Å². The van der Waals surface area contributed by atoms with Crippen LogP contribution in [0.4, 0.5) is 13.2 Å². The van der Waals surface area contributed by atoms with Crippen LogP contribution in [0, 0.1) is 0 Å². The first-order valence-corrected chi connectivity index (χ1v) is 6.04. The maximum absolute atomic E-state index is 12.3. The van der Waals surface area contributed by atoms with Gasteiger partial charge in [0.25, 0.3) is 5.56 Å². The van der Waals surface area contributed by atoms with Gasteiger partial charge in [0.15, 0.2) is 6.10 Å². The van der Waals surface area contributed by atoms with Crippen LogP contribution in [0.25, 0.3) is 10.9 Å². The van der Waals surface area contributed by atoms with Gasteiger partial charge < -0.3 is 5.11 Å². The smallest absolute Gasteiger partial charge is 0.382 e. The van der Waals surface area contributed by atoms with E-state index in [1.54, 1.807) is 0 Å². The first-order valence-electron chi connectivity index (χ1n) is 5.29. The molecule has 0 saturated carbocycles. The minimum Gasteiger partial charge on any atom is -0.382 e. The Balaban J connectivity index is 2.53. The second kappa shape index (κ2) is 5.23. The van der Waals surface area contributed by atoms with Gasteiger partial charge in [-0.05, 0) is 12.1 Å². The predicted octanol–water partition coefficient (Wildman–Crippen LogP) is 2.63. The van der Waals surface area contributed by atoms with E-state index in [9.17, 15) is 18.0 Å². The first kappa shape index (κ1) is 15.1. The zero-order valence-electron chi connectivity index (χ0n) is 9.66. The molecule has 1 aromatic heterocycles. The van der Waals surface area contributed by atoms with Gasteiger partial charge in [-0.3, -0.25) is 9.36 Å². The lowest BCUT2D eigenvalue weighted by Gasteiger charge is -2.15. The van der Waals surface area contributed by atoms with Crippen LogP contribution in [0.1, 0.15) is 0 Å². The molecule has 0 aliphatic carbocycles. The fourth-order valence-electron chi connectivity index (χ4n) is 1.61. The average Bonchev–Trinajstić information content (AvgIpc) is 2.32. The molecule has 0 bridgehead atoms. The van der Waals surface area contributed by atoms with Gasteiger partial charge in [0, 0.05) is 5.02 Å². The van der Waals surface area contributed by atoms with E-state index in [1.807, 2.05) is 0 Å². The van der Waals surface area contributed by atoms with Crippen molar-refractivity contribution in [3.63, 3.8) is 0 Å². The van der Waals surface area contributed by atoms with Crippen molar-refractivity contribution < 1.29 is 18.3 Å². The molecule has 2 aromatic rings. The van der Waals surface area contributed by atoms with Crippen molar-refractivity contribution in [1.82, 2.24) is 9.55 Å². The van der Waals surface area contributed by atoms with Crippen molar-refractivity contribution >= 4 is 34.1 Å². The number of alkyl halides is 3. The highest BCUT2D eigenvalue weighted by Crippen LogP contribution is 2.24. The number of aromatic nitrogens is 2. The molecule has 9 heteroatoms. The third-order valence-electron chi connectivity index (χ3n) is 2.59. The monoisotopic (exact) mass is 326 g/mol. The highest BCUT2D eigenvalue weighted by molar-refractivity contribution is 6.38. The molecule has 0 aliphatic heterocycles. The van der Waals surface area contributed by atoms with Gasteiger partial charge in [-0.1, -0.05) is 23.2 Å². The molecule has 1 unspecified atom stereocenters.